The summed E-state index contributed by atoms with van der Waals surface area (Å²) in [5.74, 6) is -3.25. The van der Waals surface area contributed by atoms with Gasteiger partial charge in [0.1, 0.15) is 17.0 Å². The Hall–Kier alpha value is -2.28. The van der Waals surface area contributed by atoms with Gasteiger partial charge in [0.25, 0.3) is 5.92 Å². The number of ether oxygens (including phenoxy) is 1. The van der Waals surface area contributed by atoms with E-state index in [1.165, 1.54) is 0 Å². The largest absolute Gasteiger partial charge is 0.455 e. The van der Waals surface area contributed by atoms with E-state index in [4.69, 9.17) is 16.3 Å². The Morgan fingerprint density at radius 1 is 1.31 bits per heavy atom. The van der Waals surface area contributed by atoms with Crippen molar-refractivity contribution in [3.8, 4) is 0 Å². The van der Waals surface area contributed by atoms with Gasteiger partial charge in [-0.05, 0) is 25.5 Å². The van der Waals surface area contributed by atoms with Crippen molar-refractivity contribution in [1.82, 2.24) is 9.97 Å². The first-order valence-electron chi connectivity index (χ1n) is 8.34. The van der Waals surface area contributed by atoms with Gasteiger partial charge in [-0.15, -0.1) is 0 Å². The van der Waals surface area contributed by atoms with Crippen LogP contribution in [-0.4, -0.2) is 34.6 Å². The summed E-state index contributed by atoms with van der Waals surface area (Å²) in [6.07, 6.45) is -0.486. The minimum Gasteiger partial charge on any atom is -0.455 e. The van der Waals surface area contributed by atoms with Crippen molar-refractivity contribution in [2.75, 3.05) is 11.4 Å². The number of hydrogen-bond acceptors (Lipinski definition) is 5. The van der Waals surface area contributed by atoms with Crippen molar-refractivity contribution >= 4 is 23.5 Å². The zero-order valence-corrected chi connectivity index (χ0v) is 14.7. The number of carbonyl (C=O) groups excluding carboxylic acids is 1. The van der Waals surface area contributed by atoms with Crippen molar-refractivity contribution in [2.45, 2.75) is 37.8 Å². The van der Waals surface area contributed by atoms with E-state index in [1.54, 1.807) is 29.2 Å². The molecule has 0 saturated carbocycles. The molecule has 2 aliphatic rings. The molecule has 2 aromatic rings. The number of hydrogen-bond donors (Lipinski definition) is 0. The van der Waals surface area contributed by atoms with Crippen molar-refractivity contribution in [3.63, 3.8) is 0 Å². The molecule has 0 unspecified atom stereocenters. The Morgan fingerprint density at radius 2 is 2.04 bits per heavy atom. The van der Waals surface area contributed by atoms with Crippen LogP contribution >= 0.6 is 11.6 Å². The number of aromatic nitrogens is 2. The quantitative estimate of drug-likeness (QED) is 0.602. The van der Waals surface area contributed by atoms with Crippen LogP contribution in [0.25, 0.3) is 0 Å². The Balaban J connectivity index is 1.49. The molecule has 0 amide bonds. The monoisotopic (exact) mass is 379 g/mol. The molecule has 136 valence electrons. The van der Waals surface area contributed by atoms with Gasteiger partial charge in [0.15, 0.2) is 0 Å². The molecule has 0 spiro atoms. The number of anilines is 1. The van der Waals surface area contributed by atoms with Crippen molar-refractivity contribution in [2.24, 2.45) is 0 Å². The average molecular weight is 380 g/mol. The van der Waals surface area contributed by atoms with Gasteiger partial charge in [-0.1, -0.05) is 29.8 Å². The van der Waals surface area contributed by atoms with Crippen LogP contribution in [0.2, 0.25) is 5.15 Å². The minimum absolute atomic E-state index is 0.0686. The smallest absolute Gasteiger partial charge is 0.338 e. The maximum absolute atomic E-state index is 14.0. The summed E-state index contributed by atoms with van der Waals surface area (Å²) in [5, 5.41) is 0.0686. The molecular formula is C18H16ClF2N3O2. The summed E-state index contributed by atoms with van der Waals surface area (Å²) in [6, 6.07) is 8.45. The van der Waals surface area contributed by atoms with Crippen LogP contribution in [0.5, 0.6) is 0 Å². The molecule has 2 atom stereocenters. The normalized spacial score (nSPS) is 23.3. The molecular weight excluding hydrogens is 364 g/mol. The molecule has 0 bridgehead atoms. The molecule has 26 heavy (non-hydrogen) atoms. The Morgan fingerprint density at radius 3 is 2.73 bits per heavy atom. The summed E-state index contributed by atoms with van der Waals surface area (Å²) >= 11 is 6.08. The van der Waals surface area contributed by atoms with E-state index < -0.39 is 11.9 Å². The first-order chi connectivity index (χ1) is 12.4. The highest BCUT2D eigenvalue weighted by Gasteiger charge is 2.45. The number of halogens is 3. The number of rotatable bonds is 3. The van der Waals surface area contributed by atoms with Crippen molar-refractivity contribution in [3.05, 3.63) is 52.3 Å². The molecule has 1 aromatic carbocycles. The predicted octanol–water partition coefficient (Wildman–Crippen LogP) is 3.60. The molecule has 1 aliphatic carbocycles. The number of alkyl halides is 2. The molecule has 0 N–H and O–H groups in total. The van der Waals surface area contributed by atoms with Gasteiger partial charge in [-0.25, -0.2) is 14.8 Å². The molecule has 1 aromatic heterocycles. The molecule has 5 nitrogen and oxygen atoms in total. The molecule has 0 radical (unpaired) electrons. The van der Waals surface area contributed by atoms with E-state index in [1.807, 2.05) is 13.0 Å². The fraction of sp³-hybridized carbons (Fsp3) is 0.389. The third-order valence-corrected chi connectivity index (χ3v) is 5.22. The third-order valence-electron chi connectivity index (χ3n) is 4.91. The van der Waals surface area contributed by atoms with Gasteiger partial charge in [0, 0.05) is 12.0 Å². The van der Waals surface area contributed by atoms with Crippen LogP contribution in [0.1, 0.15) is 35.0 Å². The van der Waals surface area contributed by atoms with Crippen LogP contribution < -0.4 is 4.90 Å². The molecule has 2 heterocycles. The highest BCUT2D eigenvalue weighted by Crippen LogP contribution is 2.43. The average Bonchev–Trinajstić information content (AvgIpc) is 2.94. The third kappa shape index (κ3) is 2.80. The summed E-state index contributed by atoms with van der Waals surface area (Å²) in [6.45, 7) is 2.16. The number of carbonyl (C=O) groups is 1. The number of esters is 1. The second-order valence-corrected chi connectivity index (χ2v) is 6.91. The Labute approximate surface area is 154 Å². The lowest BCUT2D eigenvalue weighted by molar-refractivity contribution is -0.00615. The highest BCUT2D eigenvalue weighted by molar-refractivity contribution is 6.30. The SMILES string of the molecule is C[C@H]1[C@H](OC(=O)c2ccccc2)CN1c1nc(Cl)c2c(n1)C(F)(F)CC2. The van der Waals surface area contributed by atoms with Crippen LogP contribution in [0.4, 0.5) is 14.7 Å². The predicted molar refractivity (Wildman–Crippen MR) is 91.7 cm³/mol. The Kier molecular flexibility index (Phi) is 4.06. The molecule has 4 rings (SSSR count). The zero-order chi connectivity index (χ0) is 18.5. The molecule has 1 fully saturated rings. The standard InChI is InChI=1S/C18H16ClF2N3O2/c1-10-13(26-16(25)11-5-3-2-4-6-11)9-24(10)17-22-14-12(15(19)23-17)7-8-18(14,20)21/h2-6,10,13H,7-9H2,1H3/t10-,13+/m0/s1. The maximum Gasteiger partial charge on any atom is 0.338 e. The van der Waals surface area contributed by atoms with E-state index in [2.05, 4.69) is 9.97 Å². The van der Waals surface area contributed by atoms with Gasteiger partial charge in [0.2, 0.25) is 5.95 Å². The minimum atomic E-state index is -2.98. The summed E-state index contributed by atoms with van der Waals surface area (Å²) in [5.41, 5.74) is 0.500. The van der Waals surface area contributed by atoms with Gasteiger partial charge < -0.3 is 9.64 Å². The zero-order valence-electron chi connectivity index (χ0n) is 14.0. The first kappa shape index (κ1) is 17.1. The first-order valence-corrected chi connectivity index (χ1v) is 8.72. The van der Waals surface area contributed by atoms with Crippen LogP contribution in [0.15, 0.2) is 30.3 Å². The van der Waals surface area contributed by atoms with Gasteiger partial charge in [0.05, 0.1) is 18.2 Å². The number of benzene rings is 1. The lowest BCUT2D eigenvalue weighted by Crippen LogP contribution is -2.61. The lowest BCUT2D eigenvalue weighted by Gasteiger charge is -2.45. The highest BCUT2D eigenvalue weighted by atomic mass is 35.5. The summed E-state index contributed by atoms with van der Waals surface area (Å²) in [4.78, 5) is 22.1. The Bertz CT molecular complexity index is 863. The van der Waals surface area contributed by atoms with Crippen molar-refractivity contribution in [1.29, 1.82) is 0 Å². The number of nitrogens with zero attached hydrogens (tertiary/aromatic N) is 3. The van der Waals surface area contributed by atoms with Crippen LogP contribution in [0.3, 0.4) is 0 Å². The maximum atomic E-state index is 14.0. The van der Waals surface area contributed by atoms with Crippen LogP contribution in [0, 0.1) is 0 Å². The van der Waals surface area contributed by atoms with Crippen molar-refractivity contribution < 1.29 is 18.3 Å². The van der Waals surface area contributed by atoms with E-state index >= 15 is 0 Å². The second kappa shape index (κ2) is 6.16. The van der Waals surface area contributed by atoms with E-state index in [0.29, 0.717) is 17.7 Å². The number of fused-ring (bicyclic) bond motifs is 1. The second-order valence-electron chi connectivity index (χ2n) is 6.55. The van der Waals surface area contributed by atoms with Gasteiger partial charge in [-0.2, -0.15) is 8.78 Å². The fourth-order valence-electron chi connectivity index (χ4n) is 3.25. The van der Waals surface area contributed by atoms with Gasteiger partial charge >= 0.3 is 5.97 Å². The fourth-order valence-corrected chi connectivity index (χ4v) is 3.51. The molecule has 1 aliphatic heterocycles. The van der Waals surface area contributed by atoms with Crippen LogP contribution in [-0.2, 0) is 17.1 Å². The molecule has 1 saturated heterocycles. The van der Waals surface area contributed by atoms with Gasteiger partial charge in [-0.3, -0.25) is 0 Å². The topological polar surface area (TPSA) is 55.3 Å². The molecule has 8 heteroatoms. The van der Waals surface area contributed by atoms with E-state index in [0.717, 1.165) is 0 Å². The van der Waals surface area contributed by atoms with E-state index in [9.17, 15) is 13.6 Å². The summed E-state index contributed by atoms with van der Waals surface area (Å²) < 4.78 is 33.4. The van der Waals surface area contributed by atoms with E-state index in [-0.39, 0.29) is 41.8 Å². The lowest BCUT2D eigenvalue weighted by atomic mass is 10.0. The summed E-state index contributed by atoms with van der Waals surface area (Å²) in [7, 11) is 0.